The Morgan fingerprint density at radius 2 is 1.05 bits per heavy atom. The van der Waals surface area contributed by atoms with E-state index in [1.165, 1.54) is 24.3 Å². The van der Waals surface area contributed by atoms with E-state index in [0.717, 1.165) is 0 Å². The Bertz CT molecular complexity index is 652. The number of rotatable bonds is 2. The number of benzene rings is 2. The van der Waals surface area contributed by atoms with E-state index < -0.39 is 5.41 Å². The van der Waals surface area contributed by atoms with Gasteiger partial charge in [0.05, 0.1) is 0 Å². The first kappa shape index (κ1) is 15.6. The second-order valence-electron chi connectivity index (χ2n) is 5.21. The third-order valence-electron chi connectivity index (χ3n) is 3.54. The first-order valence-electron chi connectivity index (χ1n) is 6.09. The summed E-state index contributed by atoms with van der Waals surface area (Å²) in [7, 11) is 0. The average molecular weight is 329 g/mol. The smallest absolute Gasteiger partial charge is 0.142 e. The fraction of sp³-hybridized carbons (Fsp3) is 0.200. The van der Waals surface area contributed by atoms with Crippen LogP contribution < -0.4 is 0 Å². The van der Waals surface area contributed by atoms with Gasteiger partial charge >= 0.3 is 0 Å². The maximum absolute atomic E-state index is 10.1. The lowest BCUT2D eigenvalue weighted by Gasteiger charge is -2.28. The van der Waals surface area contributed by atoms with Gasteiger partial charge in [-0.15, -0.1) is 0 Å². The van der Waals surface area contributed by atoms with E-state index in [1.807, 2.05) is 0 Å². The Morgan fingerprint density at radius 3 is 1.38 bits per heavy atom. The quantitative estimate of drug-likeness (QED) is 0.667. The molecule has 0 heterocycles. The Labute approximate surface area is 131 Å². The molecule has 0 saturated heterocycles. The minimum atomic E-state index is -0.858. The highest BCUT2D eigenvalue weighted by molar-refractivity contribution is 6.34. The summed E-state index contributed by atoms with van der Waals surface area (Å²) in [5.41, 5.74) is -0.0484. The third-order valence-corrected chi connectivity index (χ3v) is 4.28. The average Bonchev–Trinajstić information content (AvgIpc) is 2.41. The topological polar surface area (TPSA) is 80.9 Å². The Balaban J connectivity index is 2.68. The zero-order valence-electron chi connectivity index (χ0n) is 11.4. The number of hydrogen-bond donors (Lipinski definition) is 4. The van der Waals surface area contributed by atoms with Gasteiger partial charge in [-0.05, 0) is 12.1 Å². The van der Waals surface area contributed by atoms with Crippen LogP contribution in [0.15, 0.2) is 24.3 Å². The predicted octanol–water partition coefficient (Wildman–Crippen LogP) is 4.14. The fourth-order valence-corrected chi connectivity index (χ4v) is 2.59. The second kappa shape index (κ2) is 5.20. The summed E-state index contributed by atoms with van der Waals surface area (Å²) in [5, 5.41) is 38.9. The zero-order chi connectivity index (χ0) is 15.9. The van der Waals surface area contributed by atoms with E-state index in [1.54, 1.807) is 13.8 Å². The molecule has 0 atom stereocenters. The molecule has 0 fully saturated rings. The Kier molecular flexibility index (Phi) is 3.87. The van der Waals surface area contributed by atoms with Crippen molar-refractivity contribution in [1.29, 1.82) is 0 Å². The molecule has 2 rings (SSSR count). The predicted molar refractivity (Wildman–Crippen MR) is 81.7 cm³/mol. The van der Waals surface area contributed by atoms with Gasteiger partial charge < -0.3 is 20.4 Å². The number of aromatic hydroxyl groups is 4. The second-order valence-corrected chi connectivity index (χ2v) is 5.97. The highest BCUT2D eigenvalue weighted by atomic mass is 35.5. The first-order valence-corrected chi connectivity index (χ1v) is 6.85. The zero-order valence-corrected chi connectivity index (χ0v) is 12.9. The molecule has 0 unspecified atom stereocenters. The molecule has 4 N–H and O–H groups in total. The number of halogens is 2. The minimum Gasteiger partial charge on any atom is -0.506 e. The molecule has 6 heteroatoms. The van der Waals surface area contributed by atoms with Crippen molar-refractivity contribution in [3.63, 3.8) is 0 Å². The number of phenolic OH excluding ortho intramolecular Hbond substituents is 4. The van der Waals surface area contributed by atoms with Crippen LogP contribution in [0.25, 0.3) is 0 Å². The Morgan fingerprint density at radius 1 is 0.714 bits per heavy atom. The van der Waals surface area contributed by atoms with Crippen LogP contribution >= 0.6 is 23.2 Å². The van der Waals surface area contributed by atoms with Gasteiger partial charge in [-0.1, -0.05) is 49.2 Å². The van der Waals surface area contributed by atoms with Crippen molar-refractivity contribution in [2.45, 2.75) is 19.3 Å². The molecule has 2 aromatic carbocycles. The van der Waals surface area contributed by atoms with Gasteiger partial charge in [0.15, 0.2) is 0 Å². The van der Waals surface area contributed by atoms with Gasteiger partial charge in [0.2, 0.25) is 0 Å². The lowest BCUT2D eigenvalue weighted by molar-refractivity contribution is 0.423. The molecule has 0 aliphatic heterocycles. The van der Waals surface area contributed by atoms with Gasteiger partial charge in [0.25, 0.3) is 0 Å². The van der Waals surface area contributed by atoms with Crippen molar-refractivity contribution in [2.75, 3.05) is 0 Å². The summed E-state index contributed by atoms with van der Waals surface area (Å²) in [6.45, 7) is 3.50. The normalized spacial score (nSPS) is 11.6. The van der Waals surface area contributed by atoms with E-state index in [9.17, 15) is 20.4 Å². The molecule has 112 valence electrons. The van der Waals surface area contributed by atoms with Crippen molar-refractivity contribution in [2.24, 2.45) is 0 Å². The van der Waals surface area contributed by atoms with Crippen LogP contribution in [0.3, 0.4) is 0 Å². The summed E-state index contributed by atoms with van der Waals surface area (Å²) < 4.78 is 0. The van der Waals surface area contributed by atoms with Gasteiger partial charge in [0, 0.05) is 16.5 Å². The molecule has 4 nitrogen and oxygen atoms in total. The Hall–Kier alpha value is -1.78. The van der Waals surface area contributed by atoms with Crippen LogP contribution in [0.2, 0.25) is 10.0 Å². The molecule has 0 amide bonds. The van der Waals surface area contributed by atoms with Crippen LogP contribution in [0, 0.1) is 0 Å². The van der Waals surface area contributed by atoms with Crippen molar-refractivity contribution in [1.82, 2.24) is 0 Å². The summed E-state index contributed by atoms with van der Waals surface area (Å²) in [6.07, 6.45) is 0. The van der Waals surface area contributed by atoms with Crippen LogP contribution in [-0.4, -0.2) is 20.4 Å². The van der Waals surface area contributed by atoms with Crippen molar-refractivity contribution in [3.05, 3.63) is 45.4 Å². The van der Waals surface area contributed by atoms with Crippen LogP contribution in [0.5, 0.6) is 23.0 Å². The van der Waals surface area contributed by atoms with Crippen molar-refractivity contribution in [3.8, 4) is 23.0 Å². The number of hydrogen-bond acceptors (Lipinski definition) is 4. The molecule has 0 aliphatic rings. The summed E-state index contributed by atoms with van der Waals surface area (Å²) in [5.74, 6) is -1.01. The molecule has 0 aromatic heterocycles. The third kappa shape index (κ3) is 2.45. The van der Waals surface area contributed by atoms with Crippen LogP contribution in [0.1, 0.15) is 25.0 Å². The van der Waals surface area contributed by atoms with Crippen molar-refractivity contribution < 1.29 is 20.4 Å². The number of phenols is 4. The van der Waals surface area contributed by atoms with Gasteiger partial charge in [0.1, 0.15) is 33.0 Å². The lowest BCUT2D eigenvalue weighted by Crippen LogP contribution is -2.19. The van der Waals surface area contributed by atoms with Crippen molar-refractivity contribution >= 4 is 23.2 Å². The van der Waals surface area contributed by atoms with E-state index in [4.69, 9.17) is 23.2 Å². The maximum Gasteiger partial charge on any atom is 0.142 e. The van der Waals surface area contributed by atoms with E-state index in [0.29, 0.717) is 11.1 Å². The molecule has 21 heavy (non-hydrogen) atoms. The van der Waals surface area contributed by atoms with Gasteiger partial charge in [-0.25, -0.2) is 0 Å². The van der Waals surface area contributed by atoms with Crippen LogP contribution in [0.4, 0.5) is 0 Å². The lowest BCUT2D eigenvalue weighted by atomic mass is 9.77. The van der Waals surface area contributed by atoms with Gasteiger partial charge in [-0.3, -0.25) is 0 Å². The molecular weight excluding hydrogens is 315 g/mol. The standard InChI is InChI=1S/C15H14Cl2O4/c1-15(2,7-3-5-9(18)11(16)13(7)20)8-4-6-10(19)12(17)14(8)21/h3-6,18-21H,1-2H3. The molecule has 0 bridgehead atoms. The molecule has 0 radical (unpaired) electrons. The molecule has 0 aliphatic carbocycles. The molecule has 0 saturated carbocycles. The molecule has 0 spiro atoms. The first-order chi connectivity index (χ1) is 9.67. The fourth-order valence-electron chi connectivity index (χ4n) is 2.26. The highest BCUT2D eigenvalue weighted by Crippen LogP contribution is 2.48. The minimum absolute atomic E-state index is 0.162. The van der Waals surface area contributed by atoms with Crippen LogP contribution in [-0.2, 0) is 5.41 Å². The molecule has 2 aromatic rings. The van der Waals surface area contributed by atoms with Gasteiger partial charge in [-0.2, -0.15) is 0 Å². The highest BCUT2D eigenvalue weighted by Gasteiger charge is 2.31. The van der Waals surface area contributed by atoms with E-state index in [2.05, 4.69) is 0 Å². The monoisotopic (exact) mass is 328 g/mol. The summed E-state index contributed by atoms with van der Waals surface area (Å²) in [6, 6.07) is 5.74. The molecular formula is C15H14Cl2O4. The summed E-state index contributed by atoms with van der Waals surface area (Å²) >= 11 is 11.7. The van der Waals surface area contributed by atoms with E-state index in [-0.39, 0.29) is 33.0 Å². The summed E-state index contributed by atoms with van der Waals surface area (Å²) in [4.78, 5) is 0. The maximum atomic E-state index is 10.1. The largest absolute Gasteiger partial charge is 0.506 e. The SMILES string of the molecule is CC(C)(c1ccc(O)c(Cl)c1O)c1ccc(O)c(Cl)c1O. The van der Waals surface area contributed by atoms with E-state index >= 15 is 0 Å².